The summed E-state index contributed by atoms with van der Waals surface area (Å²) < 4.78 is 10.7. The Morgan fingerprint density at radius 2 is 1.85 bits per heavy atom. The van der Waals surface area contributed by atoms with Crippen molar-refractivity contribution in [2.24, 2.45) is 0 Å². The van der Waals surface area contributed by atoms with Crippen molar-refractivity contribution in [1.82, 2.24) is 4.90 Å². The zero-order chi connectivity index (χ0) is 19.1. The zero-order valence-corrected chi connectivity index (χ0v) is 15.2. The lowest BCUT2D eigenvalue weighted by Crippen LogP contribution is -2.34. The van der Waals surface area contributed by atoms with Crippen molar-refractivity contribution in [3.63, 3.8) is 0 Å². The zero-order valence-electron chi connectivity index (χ0n) is 15.2. The van der Waals surface area contributed by atoms with E-state index < -0.39 is 11.0 Å². The van der Waals surface area contributed by atoms with Gasteiger partial charge < -0.3 is 14.6 Å². The van der Waals surface area contributed by atoms with Crippen LogP contribution in [-0.4, -0.2) is 48.3 Å². The summed E-state index contributed by atoms with van der Waals surface area (Å²) >= 11 is 0. The summed E-state index contributed by atoms with van der Waals surface area (Å²) in [7, 11) is 3.46. The topological polar surface area (TPSA) is 85.1 Å². The van der Waals surface area contributed by atoms with Gasteiger partial charge in [0.25, 0.3) is 5.69 Å². The van der Waals surface area contributed by atoms with Crippen LogP contribution < -0.4 is 9.47 Å². The van der Waals surface area contributed by atoms with Gasteiger partial charge in [0.05, 0.1) is 12.0 Å². The maximum absolute atomic E-state index is 10.9. The van der Waals surface area contributed by atoms with Crippen LogP contribution in [0.5, 0.6) is 11.5 Å². The van der Waals surface area contributed by atoms with Crippen LogP contribution in [0.2, 0.25) is 0 Å². The lowest BCUT2D eigenvalue weighted by Gasteiger charge is -2.27. The highest BCUT2D eigenvalue weighted by atomic mass is 16.6. The highest BCUT2D eigenvalue weighted by molar-refractivity contribution is 5.35. The maximum Gasteiger partial charge on any atom is 0.269 e. The number of non-ortho nitro benzene ring substituents is 1. The lowest BCUT2D eigenvalue weighted by molar-refractivity contribution is -0.384. The molecule has 0 aromatic heterocycles. The van der Waals surface area contributed by atoms with Crippen LogP contribution in [0.1, 0.15) is 18.5 Å². The Morgan fingerprint density at radius 1 is 1.19 bits per heavy atom. The average molecular weight is 360 g/mol. The molecule has 2 aromatic carbocycles. The summed E-state index contributed by atoms with van der Waals surface area (Å²) in [6, 6.07) is 13.6. The van der Waals surface area contributed by atoms with Gasteiger partial charge in [0.15, 0.2) is 0 Å². The standard InChI is InChI=1S/C19H24N2O5/c1-14(15-5-4-6-16(11-15)21(23)24)20(2)12-17(22)13-26-19-9-7-18(25-3)8-10-19/h4-11,14,17,22H,12-13H2,1-3H3. The van der Waals surface area contributed by atoms with E-state index in [4.69, 9.17) is 9.47 Å². The summed E-state index contributed by atoms with van der Waals surface area (Å²) in [5, 5.41) is 21.1. The Morgan fingerprint density at radius 3 is 2.46 bits per heavy atom. The van der Waals surface area contributed by atoms with Gasteiger partial charge in [-0.25, -0.2) is 0 Å². The van der Waals surface area contributed by atoms with Crippen molar-refractivity contribution < 1.29 is 19.5 Å². The number of nitro benzene ring substituents is 1. The highest BCUT2D eigenvalue weighted by Crippen LogP contribution is 2.23. The quantitative estimate of drug-likeness (QED) is 0.546. The molecule has 0 spiro atoms. The van der Waals surface area contributed by atoms with Gasteiger partial charge >= 0.3 is 0 Å². The largest absolute Gasteiger partial charge is 0.497 e. The summed E-state index contributed by atoms with van der Waals surface area (Å²) in [5.41, 5.74) is 0.885. The summed E-state index contributed by atoms with van der Waals surface area (Å²) in [5.74, 6) is 1.39. The molecule has 2 rings (SSSR count). The molecular formula is C19H24N2O5. The fourth-order valence-corrected chi connectivity index (χ4v) is 2.56. The molecule has 7 nitrogen and oxygen atoms in total. The molecule has 0 aliphatic heterocycles. The smallest absolute Gasteiger partial charge is 0.269 e. The molecule has 1 N–H and O–H groups in total. The Bertz CT molecular complexity index is 720. The molecule has 0 radical (unpaired) electrons. The molecule has 2 aromatic rings. The Balaban J connectivity index is 1.88. The van der Waals surface area contributed by atoms with Crippen molar-refractivity contribution in [1.29, 1.82) is 0 Å². The van der Waals surface area contributed by atoms with Crippen LogP contribution in [0.3, 0.4) is 0 Å². The second-order valence-electron chi connectivity index (χ2n) is 6.11. The van der Waals surface area contributed by atoms with Crippen molar-refractivity contribution in [3.05, 3.63) is 64.2 Å². The fourth-order valence-electron chi connectivity index (χ4n) is 2.56. The number of hydrogen-bond acceptors (Lipinski definition) is 6. The summed E-state index contributed by atoms with van der Waals surface area (Å²) in [6.45, 7) is 2.47. The lowest BCUT2D eigenvalue weighted by atomic mass is 10.1. The molecule has 0 aliphatic rings. The minimum absolute atomic E-state index is 0.0612. The molecule has 0 fully saturated rings. The normalized spacial score (nSPS) is 13.3. The molecular weight excluding hydrogens is 336 g/mol. The van der Waals surface area contributed by atoms with Gasteiger partial charge in [0, 0.05) is 24.7 Å². The molecule has 0 aliphatic carbocycles. The molecule has 0 saturated carbocycles. The highest BCUT2D eigenvalue weighted by Gasteiger charge is 2.18. The number of hydrogen-bond donors (Lipinski definition) is 1. The first kappa shape index (κ1) is 19.7. The first-order chi connectivity index (χ1) is 12.4. The number of nitro groups is 1. The van der Waals surface area contributed by atoms with E-state index in [0.717, 1.165) is 11.3 Å². The summed E-state index contributed by atoms with van der Waals surface area (Å²) in [4.78, 5) is 12.4. The van der Waals surface area contributed by atoms with E-state index in [2.05, 4.69) is 0 Å². The van der Waals surface area contributed by atoms with Crippen LogP contribution in [0.15, 0.2) is 48.5 Å². The monoisotopic (exact) mass is 360 g/mol. The van der Waals surface area contributed by atoms with E-state index >= 15 is 0 Å². The first-order valence-electron chi connectivity index (χ1n) is 8.30. The third-order valence-corrected chi connectivity index (χ3v) is 4.23. The Hall–Kier alpha value is -2.64. The van der Waals surface area contributed by atoms with Gasteiger partial charge in [-0.1, -0.05) is 12.1 Å². The van der Waals surface area contributed by atoms with Crippen molar-refractivity contribution >= 4 is 5.69 Å². The van der Waals surface area contributed by atoms with Crippen molar-refractivity contribution in [2.45, 2.75) is 19.1 Å². The number of aliphatic hydroxyl groups is 1. The van der Waals surface area contributed by atoms with Gasteiger partial charge in [-0.05, 0) is 43.8 Å². The number of ether oxygens (including phenoxy) is 2. The van der Waals surface area contributed by atoms with Gasteiger partial charge in [0.2, 0.25) is 0 Å². The van der Waals surface area contributed by atoms with Gasteiger partial charge in [-0.3, -0.25) is 15.0 Å². The predicted octanol–water partition coefficient (Wildman–Crippen LogP) is 3.04. The van der Waals surface area contributed by atoms with E-state index in [0.29, 0.717) is 12.3 Å². The second kappa shape index (κ2) is 9.17. The molecule has 2 atom stereocenters. The van der Waals surface area contributed by atoms with Crippen LogP contribution in [0.25, 0.3) is 0 Å². The minimum atomic E-state index is -0.691. The number of rotatable bonds is 9. The Labute approximate surface area is 152 Å². The van der Waals surface area contributed by atoms with Gasteiger partial charge in [0.1, 0.15) is 24.2 Å². The predicted molar refractivity (Wildman–Crippen MR) is 98.6 cm³/mol. The average Bonchev–Trinajstić information content (AvgIpc) is 2.66. The molecule has 0 amide bonds. The van der Waals surface area contributed by atoms with Gasteiger partial charge in [-0.15, -0.1) is 0 Å². The molecule has 0 bridgehead atoms. The molecule has 2 unspecified atom stereocenters. The van der Waals surface area contributed by atoms with E-state index in [1.807, 2.05) is 24.9 Å². The number of nitrogens with zero attached hydrogens (tertiary/aromatic N) is 2. The third kappa shape index (κ3) is 5.44. The van der Waals surface area contributed by atoms with Crippen LogP contribution in [-0.2, 0) is 0 Å². The second-order valence-corrected chi connectivity index (χ2v) is 6.11. The fraction of sp³-hybridized carbons (Fsp3) is 0.368. The number of benzene rings is 2. The molecule has 140 valence electrons. The van der Waals surface area contributed by atoms with Gasteiger partial charge in [-0.2, -0.15) is 0 Å². The SMILES string of the molecule is COc1ccc(OCC(O)CN(C)C(C)c2cccc([N+](=O)[O-])c2)cc1. The minimum Gasteiger partial charge on any atom is -0.497 e. The molecule has 7 heteroatoms. The van der Waals surface area contributed by atoms with Crippen molar-refractivity contribution in [2.75, 3.05) is 27.3 Å². The number of aliphatic hydroxyl groups excluding tert-OH is 1. The third-order valence-electron chi connectivity index (χ3n) is 4.23. The summed E-state index contributed by atoms with van der Waals surface area (Å²) in [6.07, 6.45) is -0.691. The van der Waals surface area contributed by atoms with Crippen LogP contribution >= 0.6 is 0 Å². The number of likely N-dealkylation sites (N-methyl/N-ethyl adjacent to an activating group) is 1. The van der Waals surface area contributed by atoms with E-state index in [-0.39, 0.29) is 18.3 Å². The van der Waals surface area contributed by atoms with Crippen LogP contribution in [0, 0.1) is 10.1 Å². The van der Waals surface area contributed by atoms with E-state index in [1.54, 1.807) is 43.5 Å². The molecule has 0 heterocycles. The maximum atomic E-state index is 10.9. The van der Waals surface area contributed by atoms with Crippen LogP contribution in [0.4, 0.5) is 5.69 Å². The molecule has 26 heavy (non-hydrogen) atoms. The molecule has 0 saturated heterocycles. The van der Waals surface area contributed by atoms with E-state index in [1.165, 1.54) is 6.07 Å². The van der Waals surface area contributed by atoms with Crippen molar-refractivity contribution in [3.8, 4) is 11.5 Å². The first-order valence-corrected chi connectivity index (χ1v) is 8.30. The Kier molecular flexibility index (Phi) is 6.94. The number of methoxy groups -OCH3 is 1. The van der Waals surface area contributed by atoms with E-state index in [9.17, 15) is 15.2 Å².